The van der Waals surface area contributed by atoms with Gasteiger partial charge in [-0.05, 0) is 12.8 Å². The number of rotatable bonds is 37. The molecular weight excluding hydrogens is 658 g/mol. The van der Waals surface area contributed by atoms with Crippen molar-refractivity contribution in [2.24, 2.45) is 0 Å². The van der Waals surface area contributed by atoms with Crippen molar-refractivity contribution >= 4 is 61.9 Å². The Hall–Kier alpha value is 0.400. The summed E-state index contributed by atoms with van der Waals surface area (Å²) in [6.45, 7) is 3.80. The summed E-state index contributed by atoms with van der Waals surface area (Å²) in [5.74, 6) is -0.551. The fraction of sp³-hybridized carbons (Fsp3) is 0.946. The number of phosphoric acid groups is 1. The topological polar surface area (TPSA) is 108 Å². The molecule has 0 fully saturated rings. The quantitative estimate of drug-likeness (QED) is 0.0214. The number of carbonyl (C=O) groups excluding carboxylic acids is 2. The number of phosphoric ester groups is 1. The fourth-order valence-corrected chi connectivity index (χ4v) is 6.55. The maximum absolute atomic E-state index is 12.5. The summed E-state index contributed by atoms with van der Waals surface area (Å²) in [5, 5.41) is 0. The van der Waals surface area contributed by atoms with Crippen LogP contribution in [0.3, 0.4) is 0 Å². The molecule has 11 heteroatoms. The van der Waals surface area contributed by atoms with Crippen molar-refractivity contribution in [1.29, 1.82) is 0 Å². The van der Waals surface area contributed by atoms with Gasteiger partial charge in [0.05, 0.1) is 13.2 Å². The predicted molar refractivity (Wildman–Crippen MR) is 203 cm³/mol. The van der Waals surface area contributed by atoms with E-state index < -0.39 is 26.5 Å². The van der Waals surface area contributed by atoms with Crippen LogP contribution < -0.4 is 0 Å². The molecule has 0 heterocycles. The van der Waals surface area contributed by atoms with E-state index in [1.54, 1.807) is 0 Å². The molecule has 0 rings (SSSR count). The SMILES string of the molecule is CCCCCCCCCCCCCCCC(=O)OC[C@H](COP(=O)(O)OCCS)OC(=O)CCCCCCCCCCCCCCC.[Na]. The molecular formula is C37H73NaO8PS. The minimum atomic E-state index is -4.33. The van der Waals surface area contributed by atoms with Gasteiger partial charge in [0.15, 0.2) is 6.10 Å². The Labute approximate surface area is 323 Å². The molecule has 2 atom stereocenters. The Morgan fingerprint density at radius 3 is 1.29 bits per heavy atom. The number of ether oxygens (including phenoxy) is 2. The Balaban J connectivity index is 0. The van der Waals surface area contributed by atoms with Gasteiger partial charge in [0.2, 0.25) is 0 Å². The van der Waals surface area contributed by atoms with Crippen LogP contribution in [0.4, 0.5) is 0 Å². The maximum atomic E-state index is 12.5. The third-order valence-electron chi connectivity index (χ3n) is 8.47. The molecule has 0 aliphatic rings. The number of unbranched alkanes of at least 4 members (excludes halogenated alkanes) is 24. The monoisotopic (exact) mass is 731 g/mol. The molecule has 0 aromatic heterocycles. The average Bonchev–Trinajstić information content (AvgIpc) is 3.05. The van der Waals surface area contributed by atoms with E-state index in [1.807, 2.05) is 0 Å². The Morgan fingerprint density at radius 1 is 0.562 bits per heavy atom. The predicted octanol–water partition coefficient (Wildman–Crippen LogP) is 11.1. The van der Waals surface area contributed by atoms with Crippen molar-refractivity contribution in [3.05, 3.63) is 0 Å². The molecule has 8 nitrogen and oxygen atoms in total. The Kier molecular flexibility index (Phi) is 40.6. The smallest absolute Gasteiger partial charge is 0.462 e. The van der Waals surface area contributed by atoms with Crippen LogP contribution in [-0.4, -0.2) is 78.1 Å². The molecule has 1 unspecified atom stereocenters. The van der Waals surface area contributed by atoms with Gasteiger partial charge in [0.1, 0.15) is 6.61 Å². The Bertz CT molecular complexity index is 761. The van der Waals surface area contributed by atoms with E-state index in [-0.39, 0.29) is 60.9 Å². The van der Waals surface area contributed by atoms with Gasteiger partial charge in [-0.25, -0.2) is 4.57 Å². The second kappa shape index (κ2) is 38.6. The first-order chi connectivity index (χ1) is 22.8. The summed E-state index contributed by atoms with van der Waals surface area (Å²) < 4.78 is 32.8. The van der Waals surface area contributed by atoms with E-state index in [4.69, 9.17) is 18.5 Å². The molecule has 1 radical (unpaired) electrons. The third kappa shape index (κ3) is 37.7. The number of hydrogen-bond donors (Lipinski definition) is 2. The normalized spacial score (nSPS) is 13.1. The van der Waals surface area contributed by atoms with Gasteiger partial charge >= 0.3 is 19.8 Å². The zero-order valence-electron chi connectivity index (χ0n) is 31.4. The molecule has 0 saturated heterocycles. The van der Waals surface area contributed by atoms with Crippen LogP contribution in [-0.2, 0) is 32.7 Å². The van der Waals surface area contributed by atoms with Gasteiger partial charge in [-0.1, -0.05) is 168 Å². The van der Waals surface area contributed by atoms with Crippen molar-refractivity contribution in [3.63, 3.8) is 0 Å². The molecule has 48 heavy (non-hydrogen) atoms. The first kappa shape index (κ1) is 50.5. The summed E-state index contributed by atoms with van der Waals surface area (Å²) in [7, 11) is -4.33. The van der Waals surface area contributed by atoms with Gasteiger partial charge in [0, 0.05) is 48.2 Å². The molecule has 0 aliphatic heterocycles. The van der Waals surface area contributed by atoms with Crippen molar-refractivity contribution in [3.8, 4) is 0 Å². The maximum Gasteiger partial charge on any atom is 0.472 e. The molecule has 0 spiro atoms. The fourth-order valence-electron chi connectivity index (χ4n) is 5.56. The van der Waals surface area contributed by atoms with Crippen LogP contribution in [0.1, 0.15) is 194 Å². The zero-order chi connectivity index (χ0) is 34.7. The van der Waals surface area contributed by atoms with Gasteiger partial charge < -0.3 is 14.4 Å². The Morgan fingerprint density at radius 2 is 0.917 bits per heavy atom. The molecule has 0 amide bonds. The van der Waals surface area contributed by atoms with E-state index in [1.165, 1.54) is 128 Å². The number of esters is 2. The summed E-state index contributed by atoms with van der Waals surface area (Å²) in [4.78, 5) is 34.7. The summed E-state index contributed by atoms with van der Waals surface area (Å²) in [5.41, 5.74) is 0. The van der Waals surface area contributed by atoms with Crippen LogP contribution in [0.5, 0.6) is 0 Å². The van der Waals surface area contributed by atoms with Crippen molar-refractivity contribution in [2.45, 2.75) is 200 Å². The minimum Gasteiger partial charge on any atom is -0.462 e. The van der Waals surface area contributed by atoms with Crippen LogP contribution in [0.15, 0.2) is 0 Å². The van der Waals surface area contributed by atoms with E-state index >= 15 is 0 Å². The number of thiol groups is 1. The van der Waals surface area contributed by atoms with E-state index in [9.17, 15) is 19.0 Å². The van der Waals surface area contributed by atoms with Crippen molar-refractivity contribution < 1.29 is 37.6 Å². The standard InChI is InChI=1S/C37H73O8PS.Na/c1-3-5-7-9-11-13-15-17-19-21-23-25-27-29-36(38)42-33-35(34-44-46(40,41)43-31-32-47)45-37(39)30-28-26-24-22-20-18-16-14-12-10-8-6-4-2;/h35,47H,3-34H2,1-2H3,(H,40,41);/t35-;/m1./s1. The molecule has 0 aliphatic carbocycles. The second-order valence-corrected chi connectivity index (χ2v) is 15.0. The van der Waals surface area contributed by atoms with Gasteiger partial charge in [0.25, 0.3) is 0 Å². The van der Waals surface area contributed by atoms with Crippen molar-refractivity contribution in [2.75, 3.05) is 25.6 Å². The zero-order valence-corrected chi connectivity index (χ0v) is 35.2. The third-order valence-corrected chi connectivity index (χ3v) is 9.63. The van der Waals surface area contributed by atoms with Gasteiger partial charge in [-0.15, -0.1) is 0 Å². The summed E-state index contributed by atoms with van der Waals surface area (Å²) in [6.07, 6.45) is 31.3. The summed E-state index contributed by atoms with van der Waals surface area (Å²) >= 11 is 3.96. The largest absolute Gasteiger partial charge is 0.472 e. The molecule has 281 valence electrons. The van der Waals surface area contributed by atoms with Crippen molar-refractivity contribution in [1.82, 2.24) is 0 Å². The van der Waals surface area contributed by atoms with E-state index in [0.717, 1.165) is 32.1 Å². The molecule has 0 aromatic carbocycles. The molecule has 0 aromatic rings. The van der Waals surface area contributed by atoms with Crippen LogP contribution in [0, 0.1) is 0 Å². The van der Waals surface area contributed by atoms with E-state index in [0.29, 0.717) is 12.8 Å². The number of hydrogen-bond acceptors (Lipinski definition) is 8. The molecule has 1 N–H and O–H groups in total. The number of carbonyl (C=O) groups is 2. The van der Waals surface area contributed by atoms with Crippen LogP contribution in [0.2, 0.25) is 0 Å². The first-order valence-electron chi connectivity index (χ1n) is 19.4. The molecule has 0 saturated carbocycles. The summed E-state index contributed by atoms with van der Waals surface area (Å²) in [6, 6.07) is 0. The molecule has 0 bridgehead atoms. The first-order valence-corrected chi connectivity index (χ1v) is 21.5. The van der Waals surface area contributed by atoms with Gasteiger partial charge in [-0.3, -0.25) is 18.6 Å². The van der Waals surface area contributed by atoms with Crippen LogP contribution >= 0.6 is 20.5 Å². The second-order valence-electron chi connectivity index (χ2n) is 13.1. The van der Waals surface area contributed by atoms with E-state index in [2.05, 4.69) is 26.5 Å². The van der Waals surface area contributed by atoms with Crippen LogP contribution in [0.25, 0.3) is 0 Å². The minimum absolute atomic E-state index is 0. The van der Waals surface area contributed by atoms with Gasteiger partial charge in [-0.2, -0.15) is 12.6 Å². The average molecular weight is 732 g/mol.